The van der Waals surface area contributed by atoms with E-state index in [0.717, 1.165) is 19.4 Å². The third-order valence-corrected chi connectivity index (χ3v) is 3.39. The van der Waals surface area contributed by atoms with Crippen LogP contribution in [-0.4, -0.2) is 88.6 Å². The molecule has 0 aromatic carbocycles. The third kappa shape index (κ3) is 5.76. The van der Waals surface area contributed by atoms with Gasteiger partial charge in [0.15, 0.2) is 6.29 Å². The summed E-state index contributed by atoms with van der Waals surface area (Å²) >= 11 is 0. The molecule has 8 nitrogen and oxygen atoms in total. The summed E-state index contributed by atoms with van der Waals surface area (Å²) in [5.41, 5.74) is 0. The molecule has 21 heavy (non-hydrogen) atoms. The van der Waals surface area contributed by atoms with Crippen LogP contribution in [0.25, 0.3) is 0 Å². The fourth-order valence-electron chi connectivity index (χ4n) is 2.04. The molecule has 1 saturated heterocycles. The van der Waals surface area contributed by atoms with Gasteiger partial charge in [-0.05, 0) is 13.0 Å². The molecule has 1 aliphatic heterocycles. The molecule has 0 spiro atoms. The van der Waals surface area contributed by atoms with Gasteiger partial charge in [-0.15, -0.1) is 0 Å². The molecule has 0 aromatic rings. The number of unbranched alkanes of at least 4 members (excludes halogenated alkanes) is 1. The summed E-state index contributed by atoms with van der Waals surface area (Å²) in [7, 11) is 0. The Morgan fingerprint density at radius 2 is 1.90 bits per heavy atom. The van der Waals surface area contributed by atoms with Crippen molar-refractivity contribution in [3.63, 3.8) is 0 Å². The van der Waals surface area contributed by atoms with E-state index in [1.54, 1.807) is 0 Å². The zero-order valence-corrected chi connectivity index (χ0v) is 12.3. The Kier molecular flexibility index (Phi) is 8.60. The number of hydrogen-bond donors (Lipinski definition) is 6. The van der Waals surface area contributed by atoms with Gasteiger partial charge >= 0.3 is 0 Å². The number of rotatable bonds is 9. The van der Waals surface area contributed by atoms with Gasteiger partial charge in [-0.3, -0.25) is 0 Å². The van der Waals surface area contributed by atoms with E-state index in [1.165, 1.54) is 0 Å². The topological polar surface area (TPSA) is 132 Å². The molecule has 0 radical (unpaired) electrons. The van der Waals surface area contributed by atoms with Crippen LogP contribution in [0.3, 0.4) is 0 Å². The van der Waals surface area contributed by atoms with Crippen molar-refractivity contribution < 1.29 is 35.0 Å². The van der Waals surface area contributed by atoms with Crippen LogP contribution in [0.1, 0.15) is 19.8 Å². The van der Waals surface area contributed by atoms with E-state index >= 15 is 0 Å². The van der Waals surface area contributed by atoms with Crippen LogP contribution in [0.15, 0.2) is 0 Å². The number of aliphatic hydroxyl groups is 5. The Balaban J connectivity index is 2.32. The van der Waals surface area contributed by atoms with E-state index in [1.807, 2.05) is 0 Å². The molecule has 0 aromatic heterocycles. The minimum absolute atomic E-state index is 0.0954. The molecular weight excluding hydrogens is 282 g/mol. The fraction of sp³-hybridized carbons (Fsp3) is 1.00. The summed E-state index contributed by atoms with van der Waals surface area (Å²) in [6, 6.07) is 0. The molecule has 126 valence electrons. The second-order valence-electron chi connectivity index (χ2n) is 5.24. The average Bonchev–Trinajstić information content (AvgIpc) is 2.48. The lowest BCUT2D eigenvalue weighted by Crippen LogP contribution is -2.59. The maximum Gasteiger partial charge on any atom is 0.186 e. The first kappa shape index (κ1) is 18.7. The van der Waals surface area contributed by atoms with E-state index in [4.69, 9.17) is 14.6 Å². The van der Waals surface area contributed by atoms with Crippen LogP contribution in [0.4, 0.5) is 0 Å². The predicted octanol–water partition coefficient (Wildman–Crippen LogP) is -2.45. The van der Waals surface area contributed by atoms with E-state index in [-0.39, 0.29) is 6.61 Å². The van der Waals surface area contributed by atoms with Crippen LogP contribution < -0.4 is 5.32 Å². The lowest BCUT2D eigenvalue weighted by Gasteiger charge is -2.39. The predicted molar refractivity (Wildman–Crippen MR) is 73.5 cm³/mol. The summed E-state index contributed by atoms with van der Waals surface area (Å²) in [5.74, 6) is 0. The second kappa shape index (κ2) is 9.65. The molecule has 8 heteroatoms. The van der Waals surface area contributed by atoms with Crippen molar-refractivity contribution in [1.29, 1.82) is 0 Å². The summed E-state index contributed by atoms with van der Waals surface area (Å²) in [5, 5.41) is 50.8. The lowest BCUT2D eigenvalue weighted by molar-refractivity contribution is -0.304. The van der Waals surface area contributed by atoms with Crippen LogP contribution in [0, 0.1) is 0 Å². The summed E-state index contributed by atoms with van der Waals surface area (Å²) in [6.07, 6.45) is -5.24. The Morgan fingerprint density at radius 3 is 2.52 bits per heavy atom. The van der Waals surface area contributed by atoms with Gasteiger partial charge in [-0.25, -0.2) is 0 Å². The fourth-order valence-corrected chi connectivity index (χ4v) is 2.04. The quantitative estimate of drug-likeness (QED) is 0.259. The van der Waals surface area contributed by atoms with Crippen LogP contribution in [0.5, 0.6) is 0 Å². The van der Waals surface area contributed by atoms with Crippen molar-refractivity contribution in [3.8, 4) is 0 Å². The van der Waals surface area contributed by atoms with Crippen molar-refractivity contribution in [2.24, 2.45) is 0 Å². The van der Waals surface area contributed by atoms with Gasteiger partial charge in [0.1, 0.15) is 24.4 Å². The van der Waals surface area contributed by atoms with Crippen molar-refractivity contribution >= 4 is 0 Å². The first-order chi connectivity index (χ1) is 10.0. The van der Waals surface area contributed by atoms with Gasteiger partial charge in [0.05, 0.1) is 19.3 Å². The Bertz CT molecular complexity index is 279. The average molecular weight is 309 g/mol. The molecular formula is C13H27NO7. The standard InChI is InChI=1S/C13H27NO7/c1-2-3-4-14-5-8(16)7-20-13-12(19)11(18)10(17)9(6-15)21-13/h8-19H,2-7H2,1H3/t8?,9-,10-,11+,12-,13+/m1/s1. The highest BCUT2D eigenvalue weighted by Gasteiger charge is 2.44. The largest absolute Gasteiger partial charge is 0.394 e. The molecule has 1 unspecified atom stereocenters. The maximum absolute atomic E-state index is 9.74. The minimum Gasteiger partial charge on any atom is -0.394 e. The van der Waals surface area contributed by atoms with Crippen LogP contribution in [0.2, 0.25) is 0 Å². The van der Waals surface area contributed by atoms with Crippen LogP contribution in [-0.2, 0) is 9.47 Å². The molecule has 1 aliphatic rings. The lowest BCUT2D eigenvalue weighted by atomic mass is 9.99. The highest BCUT2D eigenvalue weighted by Crippen LogP contribution is 2.21. The third-order valence-electron chi connectivity index (χ3n) is 3.39. The highest BCUT2D eigenvalue weighted by atomic mass is 16.7. The SMILES string of the molecule is CCCCNCC(O)CO[C@H]1O[C@H](CO)[C@@H](O)[C@H](O)[C@H]1O. The summed E-state index contributed by atoms with van der Waals surface area (Å²) in [4.78, 5) is 0. The Labute approximate surface area is 124 Å². The van der Waals surface area contributed by atoms with E-state index in [0.29, 0.717) is 6.54 Å². The monoisotopic (exact) mass is 309 g/mol. The number of aliphatic hydroxyl groups excluding tert-OH is 5. The van der Waals surface area contributed by atoms with E-state index in [9.17, 15) is 20.4 Å². The van der Waals surface area contributed by atoms with E-state index < -0.39 is 43.4 Å². The molecule has 0 bridgehead atoms. The zero-order valence-electron chi connectivity index (χ0n) is 12.3. The smallest absolute Gasteiger partial charge is 0.186 e. The molecule has 6 atom stereocenters. The number of nitrogens with one attached hydrogen (secondary N) is 1. The molecule has 0 aliphatic carbocycles. The molecule has 1 fully saturated rings. The zero-order chi connectivity index (χ0) is 15.8. The van der Waals surface area contributed by atoms with Gasteiger partial charge in [-0.1, -0.05) is 13.3 Å². The molecule has 0 amide bonds. The summed E-state index contributed by atoms with van der Waals surface area (Å²) in [6.45, 7) is 2.61. The van der Waals surface area contributed by atoms with Crippen molar-refractivity contribution in [1.82, 2.24) is 5.32 Å². The van der Waals surface area contributed by atoms with Gasteiger partial charge in [-0.2, -0.15) is 0 Å². The molecule has 1 heterocycles. The van der Waals surface area contributed by atoms with Gasteiger partial charge in [0, 0.05) is 6.54 Å². The summed E-state index contributed by atoms with van der Waals surface area (Å²) < 4.78 is 10.4. The van der Waals surface area contributed by atoms with Crippen molar-refractivity contribution in [2.75, 3.05) is 26.3 Å². The Morgan fingerprint density at radius 1 is 1.19 bits per heavy atom. The highest BCUT2D eigenvalue weighted by molar-refractivity contribution is 4.88. The Hall–Kier alpha value is -0.320. The van der Waals surface area contributed by atoms with Crippen molar-refractivity contribution in [3.05, 3.63) is 0 Å². The second-order valence-corrected chi connectivity index (χ2v) is 5.24. The maximum atomic E-state index is 9.74. The minimum atomic E-state index is -1.47. The van der Waals surface area contributed by atoms with Crippen LogP contribution >= 0.6 is 0 Å². The molecule has 0 saturated carbocycles. The number of ether oxygens (including phenoxy) is 2. The first-order valence-corrected chi connectivity index (χ1v) is 7.32. The van der Waals surface area contributed by atoms with Gasteiger partial charge in [0.25, 0.3) is 0 Å². The van der Waals surface area contributed by atoms with Crippen molar-refractivity contribution in [2.45, 2.75) is 56.6 Å². The van der Waals surface area contributed by atoms with E-state index in [2.05, 4.69) is 12.2 Å². The normalized spacial score (nSPS) is 34.9. The number of hydrogen-bond acceptors (Lipinski definition) is 8. The van der Waals surface area contributed by atoms with Gasteiger partial charge < -0.3 is 40.3 Å². The molecule has 6 N–H and O–H groups in total. The first-order valence-electron chi connectivity index (χ1n) is 7.32. The molecule has 1 rings (SSSR count). The van der Waals surface area contributed by atoms with Gasteiger partial charge in [0.2, 0.25) is 0 Å².